The molecule has 0 saturated carbocycles. The lowest BCUT2D eigenvalue weighted by molar-refractivity contribution is 0.0956. The van der Waals surface area contributed by atoms with Crippen LogP contribution in [0.5, 0.6) is 0 Å². The minimum atomic E-state index is -0.387. The molecule has 0 fully saturated rings. The van der Waals surface area contributed by atoms with Crippen LogP contribution in [0.4, 0.5) is 4.79 Å². The Morgan fingerprint density at radius 3 is 2.46 bits per heavy atom. The van der Waals surface area contributed by atoms with Crippen LogP contribution in [0.1, 0.15) is 27.7 Å². The van der Waals surface area contributed by atoms with Crippen molar-refractivity contribution in [1.82, 2.24) is 5.32 Å². The maximum Gasteiger partial charge on any atom is 0.407 e. The monoisotopic (exact) mass is 189 g/mol. The number of hydrogen-bond acceptors (Lipinski definition) is 3. The molecule has 13 heavy (non-hydrogen) atoms. The van der Waals surface area contributed by atoms with Crippen molar-refractivity contribution in [3.63, 3.8) is 0 Å². The zero-order valence-electron chi connectivity index (χ0n) is 8.79. The fourth-order valence-corrected chi connectivity index (χ4v) is 0.786. The fourth-order valence-electron chi connectivity index (χ4n) is 0.786. The number of ether oxygens (including phenoxy) is 2. The normalized spacial score (nSPS) is 12.7. The molecule has 0 bridgehead atoms. The summed E-state index contributed by atoms with van der Waals surface area (Å²) in [5, 5.41) is 2.66. The highest BCUT2D eigenvalue weighted by Crippen LogP contribution is 1.91. The third-order valence-corrected chi connectivity index (χ3v) is 1.28. The molecule has 0 rings (SSSR count). The third kappa shape index (κ3) is 7.59. The quantitative estimate of drug-likeness (QED) is 0.713. The number of rotatable bonds is 5. The Morgan fingerprint density at radius 2 is 2.00 bits per heavy atom. The molecule has 78 valence electrons. The second-order valence-electron chi connectivity index (χ2n) is 3.16. The summed E-state index contributed by atoms with van der Waals surface area (Å²) in [7, 11) is 0. The molecule has 1 amide bonds. The first-order valence-corrected chi connectivity index (χ1v) is 4.61. The fraction of sp³-hybridized carbons (Fsp3) is 0.889. The second kappa shape index (κ2) is 6.71. The van der Waals surface area contributed by atoms with Crippen LogP contribution >= 0.6 is 0 Å². The number of hydrogen-bond donors (Lipinski definition) is 1. The van der Waals surface area contributed by atoms with Gasteiger partial charge >= 0.3 is 6.09 Å². The van der Waals surface area contributed by atoms with Gasteiger partial charge in [-0.15, -0.1) is 0 Å². The molecule has 1 unspecified atom stereocenters. The van der Waals surface area contributed by atoms with Crippen molar-refractivity contribution >= 4 is 6.09 Å². The topological polar surface area (TPSA) is 47.6 Å². The van der Waals surface area contributed by atoms with Gasteiger partial charge in [-0.3, -0.25) is 0 Å². The minimum absolute atomic E-state index is 0.00815. The van der Waals surface area contributed by atoms with Crippen LogP contribution in [0, 0.1) is 0 Å². The maximum absolute atomic E-state index is 11.0. The molecule has 0 radical (unpaired) electrons. The van der Waals surface area contributed by atoms with E-state index < -0.39 is 0 Å². The first-order valence-electron chi connectivity index (χ1n) is 4.61. The molecule has 0 aromatic heterocycles. The Bertz CT molecular complexity index is 148. The van der Waals surface area contributed by atoms with Crippen LogP contribution in [0.3, 0.4) is 0 Å². The first-order chi connectivity index (χ1) is 6.06. The molecule has 0 saturated heterocycles. The zero-order valence-corrected chi connectivity index (χ0v) is 8.79. The molecule has 0 aliphatic carbocycles. The summed E-state index contributed by atoms with van der Waals surface area (Å²) in [6.45, 7) is 8.59. The van der Waals surface area contributed by atoms with Gasteiger partial charge < -0.3 is 14.8 Å². The standard InChI is InChI=1S/C9H19NO3/c1-5-12-6-8(4)10-9(11)13-7(2)3/h7-8H,5-6H2,1-4H3,(H,10,11). The van der Waals surface area contributed by atoms with Gasteiger partial charge in [0.25, 0.3) is 0 Å². The molecule has 0 heterocycles. The van der Waals surface area contributed by atoms with Crippen molar-refractivity contribution < 1.29 is 14.3 Å². The molecule has 1 atom stereocenters. The number of carbonyl (C=O) groups is 1. The average Bonchev–Trinajstić information content (AvgIpc) is 1.98. The molecule has 1 N–H and O–H groups in total. The zero-order chi connectivity index (χ0) is 10.3. The molecule has 0 aromatic rings. The Balaban J connectivity index is 3.53. The molecule has 0 aliphatic rings. The summed E-state index contributed by atoms with van der Waals surface area (Å²) in [4.78, 5) is 11.0. The average molecular weight is 189 g/mol. The summed E-state index contributed by atoms with van der Waals surface area (Å²) in [6.07, 6.45) is -0.471. The van der Waals surface area contributed by atoms with E-state index in [0.29, 0.717) is 13.2 Å². The summed E-state index contributed by atoms with van der Waals surface area (Å²) in [5.74, 6) is 0. The largest absolute Gasteiger partial charge is 0.447 e. The maximum atomic E-state index is 11.0. The van der Waals surface area contributed by atoms with Crippen LogP contribution in [-0.2, 0) is 9.47 Å². The van der Waals surface area contributed by atoms with Crippen molar-refractivity contribution in [1.29, 1.82) is 0 Å². The molecule has 0 aliphatic heterocycles. The Morgan fingerprint density at radius 1 is 1.38 bits per heavy atom. The van der Waals surface area contributed by atoms with E-state index in [1.807, 2.05) is 27.7 Å². The van der Waals surface area contributed by atoms with Gasteiger partial charge in [0.05, 0.1) is 18.8 Å². The van der Waals surface area contributed by atoms with Gasteiger partial charge in [-0.25, -0.2) is 4.79 Å². The van der Waals surface area contributed by atoms with E-state index in [2.05, 4.69) is 5.32 Å². The van der Waals surface area contributed by atoms with Crippen molar-refractivity contribution in [3.05, 3.63) is 0 Å². The van der Waals surface area contributed by atoms with Crippen LogP contribution in [-0.4, -0.2) is 31.5 Å². The third-order valence-electron chi connectivity index (χ3n) is 1.28. The van der Waals surface area contributed by atoms with Gasteiger partial charge in [-0.05, 0) is 27.7 Å². The van der Waals surface area contributed by atoms with Crippen molar-refractivity contribution in [2.24, 2.45) is 0 Å². The van der Waals surface area contributed by atoms with Crippen LogP contribution in [0.2, 0.25) is 0 Å². The summed E-state index contributed by atoms with van der Waals surface area (Å²) in [5.41, 5.74) is 0. The second-order valence-corrected chi connectivity index (χ2v) is 3.16. The molecule has 4 nitrogen and oxygen atoms in total. The Kier molecular flexibility index (Phi) is 6.32. The van der Waals surface area contributed by atoms with E-state index in [1.54, 1.807) is 0 Å². The summed E-state index contributed by atoms with van der Waals surface area (Å²) in [6, 6.07) is -0.00815. The van der Waals surface area contributed by atoms with Gasteiger partial charge in [-0.2, -0.15) is 0 Å². The molecule has 0 spiro atoms. The van der Waals surface area contributed by atoms with Crippen molar-refractivity contribution in [3.8, 4) is 0 Å². The lowest BCUT2D eigenvalue weighted by Crippen LogP contribution is -2.37. The summed E-state index contributed by atoms with van der Waals surface area (Å²) >= 11 is 0. The number of nitrogens with one attached hydrogen (secondary N) is 1. The van der Waals surface area contributed by atoms with E-state index >= 15 is 0 Å². The number of alkyl carbamates (subject to hydrolysis) is 1. The van der Waals surface area contributed by atoms with Gasteiger partial charge in [0.2, 0.25) is 0 Å². The van der Waals surface area contributed by atoms with Gasteiger partial charge in [0, 0.05) is 6.61 Å². The van der Waals surface area contributed by atoms with E-state index in [4.69, 9.17) is 9.47 Å². The van der Waals surface area contributed by atoms with Gasteiger partial charge in [-0.1, -0.05) is 0 Å². The SMILES string of the molecule is CCOCC(C)NC(=O)OC(C)C. The van der Waals surface area contributed by atoms with E-state index in [9.17, 15) is 4.79 Å². The number of amides is 1. The van der Waals surface area contributed by atoms with E-state index in [1.165, 1.54) is 0 Å². The van der Waals surface area contributed by atoms with Crippen molar-refractivity contribution in [2.75, 3.05) is 13.2 Å². The Labute approximate surface area is 79.6 Å². The highest BCUT2D eigenvalue weighted by molar-refractivity contribution is 5.67. The van der Waals surface area contributed by atoms with Crippen LogP contribution in [0.25, 0.3) is 0 Å². The minimum Gasteiger partial charge on any atom is -0.447 e. The van der Waals surface area contributed by atoms with Crippen LogP contribution < -0.4 is 5.32 Å². The lowest BCUT2D eigenvalue weighted by atomic mass is 10.4. The molecular formula is C9H19NO3. The lowest BCUT2D eigenvalue weighted by Gasteiger charge is -2.14. The van der Waals surface area contributed by atoms with Gasteiger partial charge in [0.1, 0.15) is 0 Å². The first kappa shape index (κ1) is 12.2. The molecule has 0 aromatic carbocycles. The van der Waals surface area contributed by atoms with Crippen molar-refractivity contribution in [2.45, 2.75) is 39.8 Å². The summed E-state index contributed by atoms with van der Waals surface area (Å²) < 4.78 is 10.0. The van der Waals surface area contributed by atoms with E-state index in [-0.39, 0.29) is 18.2 Å². The highest BCUT2D eigenvalue weighted by Gasteiger charge is 2.08. The van der Waals surface area contributed by atoms with Crippen LogP contribution in [0.15, 0.2) is 0 Å². The molecule has 4 heteroatoms. The Hall–Kier alpha value is -0.770. The molecular weight excluding hydrogens is 170 g/mol. The van der Waals surface area contributed by atoms with Gasteiger partial charge in [0.15, 0.2) is 0 Å². The number of carbonyl (C=O) groups excluding carboxylic acids is 1. The highest BCUT2D eigenvalue weighted by atomic mass is 16.6. The predicted molar refractivity (Wildman–Crippen MR) is 50.7 cm³/mol. The smallest absolute Gasteiger partial charge is 0.407 e. The predicted octanol–water partition coefficient (Wildman–Crippen LogP) is 1.55. The van der Waals surface area contributed by atoms with E-state index in [0.717, 1.165) is 0 Å².